The van der Waals surface area contributed by atoms with Crippen molar-refractivity contribution in [3.63, 3.8) is 0 Å². The third-order valence-electron chi connectivity index (χ3n) is 13.0. The second-order valence-electron chi connectivity index (χ2n) is 16.3. The number of hydrogen-bond acceptors (Lipinski definition) is 8. The summed E-state index contributed by atoms with van der Waals surface area (Å²) in [6, 6.07) is 7.85. The molecule has 0 amide bonds. The lowest BCUT2D eigenvalue weighted by Gasteiger charge is -2.61. The monoisotopic (exact) mass is 652 g/mol. The van der Waals surface area contributed by atoms with Crippen LogP contribution < -0.4 is 9.47 Å². The first kappa shape index (κ1) is 34.5. The molecule has 0 aromatic heterocycles. The van der Waals surface area contributed by atoms with Gasteiger partial charge in [0.1, 0.15) is 31.0 Å². The third-order valence-corrected chi connectivity index (χ3v) is 13.0. The van der Waals surface area contributed by atoms with E-state index in [1.165, 1.54) is 0 Å². The molecule has 47 heavy (non-hydrogen) atoms. The molecule has 4 fully saturated rings. The minimum Gasteiger partial charge on any atom is -0.493 e. The molecule has 3 aliphatic carbocycles. The molecule has 3 N–H and O–H groups in total. The number of aliphatic hydroxyl groups excluding tert-OH is 3. The first-order valence-electron chi connectivity index (χ1n) is 17.9. The standard InChI is InChI=1S/C39H56O8/c1-8-38(6)15-12-27-24(20-38)10-11-31-37(4,5)13-9-14-39(27,31)36(43)45-21-30-32(40)33(41)34(42)35(47-30)46-29-18-25-17-22(2)16-23(3)26(25)19-28(29)44-7/h16-19,24,27,30-35,40-42H,8-15,20-21H2,1-7H3. The van der Waals surface area contributed by atoms with Crippen molar-refractivity contribution in [2.45, 2.75) is 130 Å². The predicted molar refractivity (Wildman–Crippen MR) is 180 cm³/mol. The number of aryl methyl sites for hydroxylation is 2. The Labute approximate surface area is 280 Å². The maximum Gasteiger partial charge on any atom is 0.312 e. The predicted octanol–water partition coefficient (Wildman–Crippen LogP) is 6.63. The molecule has 0 radical (unpaired) electrons. The average Bonchev–Trinajstić information content (AvgIpc) is 3.03. The number of carbonyl (C=O) groups excluding carboxylic acids is 1. The van der Waals surface area contributed by atoms with E-state index in [-0.39, 0.29) is 29.8 Å². The van der Waals surface area contributed by atoms with Gasteiger partial charge in [-0.15, -0.1) is 0 Å². The van der Waals surface area contributed by atoms with E-state index in [9.17, 15) is 20.1 Å². The van der Waals surface area contributed by atoms with Crippen LogP contribution in [-0.2, 0) is 14.3 Å². The molecular formula is C39H56O8. The van der Waals surface area contributed by atoms with Crippen molar-refractivity contribution in [2.75, 3.05) is 13.7 Å². The molecule has 1 heterocycles. The first-order valence-corrected chi connectivity index (χ1v) is 17.9. The molecule has 4 aliphatic rings. The van der Waals surface area contributed by atoms with Crippen LogP contribution in [0, 0.1) is 47.8 Å². The molecule has 8 heteroatoms. The molecule has 0 spiro atoms. The van der Waals surface area contributed by atoms with Gasteiger partial charge in [0.2, 0.25) is 6.29 Å². The zero-order valence-corrected chi connectivity index (χ0v) is 29.4. The van der Waals surface area contributed by atoms with Gasteiger partial charge in [-0.05, 0) is 116 Å². The van der Waals surface area contributed by atoms with Gasteiger partial charge in [-0.2, -0.15) is 0 Å². The van der Waals surface area contributed by atoms with Crippen LogP contribution in [0.4, 0.5) is 0 Å². The lowest BCUT2D eigenvalue weighted by molar-refractivity contribution is -0.280. The van der Waals surface area contributed by atoms with Gasteiger partial charge in [0.05, 0.1) is 12.5 Å². The molecule has 2 aromatic carbocycles. The fraction of sp³-hybridized carbons (Fsp3) is 0.718. The van der Waals surface area contributed by atoms with Crippen LogP contribution in [0.15, 0.2) is 24.3 Å². The highest BCUT2D eigenvalue weighted by Gasteiger charge is 2.63. The summed E-state index contributed by atoms with van der Waals surface area (Å²) in [6.07, 6.45) is 2.61. The highest BCUT2D eigenvalue weighted by Crippen LogP contribution is 2.66. The Hall–Kier alpha value is -2.39. The summed E-state index contributed by atoms with van der Waals surface area (Å²) in [7, 11) is 1.54. The molecular weight excluding hydrogens is 596 g/mol. The smallest absolute Gasteiger partial charge is 0.312 e. The van der Waals surface area contributed by atoms with Crippen LogP contribution in [0.2, 0.25) is 0 Å². The van der Waals surface area contributed by atoms with E-state index in [1.807, 2.05) is 32.0 Å². The van der Waals surface area contributed by atoms with Crippen LogP contribution in [-0.4, -0.2) is 65.7 Å². The zero-order chi connectivity index (χ0) is 33.9. The van der Waals surface area contributed by atoms with Crippen LogP contribution in [0.1, 0.15) is 96.6 Å². The Bertz CT molecular complexity index is 1470. The zero-order valence-electron chi connectivity index (χ0n) is 29.4. The third kappa shape index (κ3) is 6.06. The molecule has 6 rings (SSSR count). The Morgan fingerprint density at radius 2 is 1.70 bits per heavy atom. The Kier molecular flexibility index (Phi) is 9.40. The van der Waals surface area contributed by atoms with Crippen LogP contribution in [0.3, 0.4) is 0 Å². The molecule has 3 saturated carbocycles. The summed E-state index contributed by atoms with van der Waals surface area (Å²) in [6.45, 7) is 13.1. The van der Waals surface area contributed by atoms with E-state index in [2.05, 4.69) is 33.8 Å². The Morgan fingerprint density at radius 3 is 2.43 bits per heavy atom. The number of ether oxygens (including phenoxy) is 4. The number of esters is 1. The van der Waals surface area contributed by atoms with Gasteiger partial charge >= 0.3 is 5.97 Å². The Balaban J connectivity index is 1.23. The first-order chi connectivity index (χ1) is 22.2. The number of aliphatic hydroxyl groups is 3. The highest BCUT2D eigenvalue weighted by atomic mass is 16.7. The van der Waals surface area contributed by atoms with Gasteiger partial charge in [-0.25, -0.2) is 0 Å². The normalized spacial score (nSPS) is 38.3. The van der Waals surface area contributed by atoms with Crippen molar-refractivity contribution in [3.05, 3.63) is 35.4 Å². The minimum atomic E-state index is -1.56. The van der Waals surface area contributed by atoms with Crippen LogP contribution in [0.25, 0.3) is 10.8 Å². The van der Waals surface area contributed by atoms with Gasteiger partial charge in [0.15, 0.2) is 11.5 Å². The quantitative estimate of drug-likeness (QED) is 0.286. The average molecular weight is 653 g/mol. The fourth-order valence-electron chi connectivity index (χ4n) is 10.2. The SMILES string of the molecule is CCC1(C)CCC2C(CCC3C(C)(C)CCCC23C(=O)OCC2OC(Oc3cc4cc(C)cc(C)c4cc3OC)C(O)C(O)C2O)C1. The fourth-order valence-corrected chi connectivity index (χ4v) is 10.2. The van der Waals surface area contributed by atoms with E-state index in [0.29, 0.717) is 22.8 Å². The second-order valence-corrected chi connectivity index (χ2v) is 16.3. The van der Waals surface area contributed by atoms with Crippen molar-refractivity contribution in [1.29, 1.82) is 0 Å². The summed E-state index contributed by atoms with van der Waals surface area (Å²) < 4.78 is 24.1. The molecule has 10 atom stereocenters. The molecule has 1 aliphatic heterocycles. The van der Waals surface area contributed by atoms with Crippen LogP contribution >= 0.6 is 0 Å². The van der Waals surface area contributed by atoms with E-state index in [4.69, 9.17) is 18.9 Å². The summed E-state index contributed by atoms with van der Waals surface area (Å²) in [5, 5.41) is 34.8. The van der Waals surface area contributed by atoms with E-state index in [1.54, 1.807) is 7.11 Å². The van der Waals surface area contributed by atoms with Gasteiger partial charge in [0.25, 0.3) is 0 Å². The van der Waals surface area contributed by atoms with Crippen molar-refractivity contribution < 1.29 is 39.1 Å². The lowest BCUT2D eigenvalue weighted by atomic mass is 9.42. The molecule has 0 bridgehead atoms. The van der Waals surface area contributed by atoms with Crippen molar-refractivity contribution >= 4 is 16.7 Å². The second kappa shape index (κ2) is 12.8. The molecule has 2 aromatic rings. The van der Waals surface area contributed by atoms with E-state index < -0.39 is 36.1 Å². The molecule has 260 valence electrons. The number of benzene rings is 2. The number of methoxy groups -OCH3 is 1. The topological polar surface area (TPSA) is 115 Å². The largest absolute Gasteiger partial charge is 0.493 e. The van der Waals surface area contributed by atoms with Gasteiger partial charge in [0, 0.05) is 0 Å². The van der Waals surface area contributed by atoms with Crippen LogP contribution in [0.5, 0.6) is 11.5 Å². The van der Waals surface area contributed by atoms with Gasteiger partial charge < -0.3 is 34.3 Å². The molecule has 8 nitrogen and oxygen atoms in total. The van der Waals surface area contributed by atoms with E-state index in [0.717, 1.165) is 79.7 Å². The van der Waals surface area contributed by atoms with Crippen molar-refractivity contribution in [3.8, 4) is 11.5 Å². The maximum absolute atomic E-state index is 14.5. The number of carbonyl (C=O) groups is 1. The summed E-state index contributed by atoms with van der Waals surface area (Å²) in [4.78, 5) is 14.5. The summed E-state index contributed by atoms with van der Waals surface area (Å²) >= 11 is 0. The number of rotatable bonds is 7. The number of fused-ring (bicyclic) bond motifs is 4. The minimum absolute atomic E-state index is 0.0316. The lowest BCUT2D eigenvalue weighted by Crippen LogP contribution is -2.61. The van der Waals surface area contributed by atoms with Crippen molar-refractivity contribution in [2.24, 2.45) is 34.0 Å². The molecule has 1 saturated heterocycles. The highest BCUT2D eigenvalue weighted by molar-refractivity contribution is 5.89. The summed E-state index contributed by atoms with van der Waals surface area (Å²) in [5.74, 6) is 1.61. The van der Waals surface area contributed by atoms with Gasteiger partial charge in [-0.3, -0.25) is 4.79 Å². The van der Waals surface area contributed by atoms with Gasteiger partial charge in [-0.1, -0.05) is 58.2 Å². The molecule has 10 unspecified atom stereocenters. The Morgan fingerprint density at radius 1 is 0.936 bits per heavy atom. The summed E-state index contributed by atoms with van der Waals surface area (Å²) in [5.41, 5.74) is 1.98. The number of hydrogen-bond donors (Lipinski definition) is 3. The van der Waals surface area contributed by atoms with E-state index >= 15 is 0 Å². The van der Waals surface area contributed by atoms with Crippen molar-refractivity contribution in [1.82, 2.24) is 0 Å². The maximum atomic E-state index is 14.5.